The summed E-state index contributed by atoms with van der Waals surface area (Å²) in [6.07, 6.45) is 0.696. The average molecular weight is 343 g/mol. The second kappa shape index (κ2) is 6.84. The summed E-state index contributed by atoms with van der Waals surface area (Å²) in [6.45, 7) is 2.19. The third-order valence-electron chi connectivity index (χ3n) is 3.75. The van der Waals surface area contributed by atoms with Crippen molar-refractivity contribution in [2.75, 3.05) is 6.54 Å². The number of fused-ring (bicyclic) bond motifs is 1. The zero-order valence-electron chi connectivity index (χ0n) is 13.2. The minimum absolute atomic E-state index is 0.282. The van der Waals surface area contributed by atoms with Crippen LogP contribution in [0.25, 0.3) is 10.2 Å². The van der Waals surface area contributed by atoms with Gasteiger partial charge in [0.25, 0.3) is 5.56 Å². The van der Waals surface area contributed by atoms with Crippen molar-refractivity contribution in [3.8, 4) is 0 Å². The topological polar surface area (TPSA) is 84.0 Å². The van der Waals surface area contributed by atoms with Gasteiger partial charge < -0.3 is 10.3 Å². The predicted octanol–water partition coefficient (Wildman–Crippen LogP) is 1.42. The Morgan fingerprint density at radius 1 is 1.21 bits per heavy atom. The van der Waals surface area contributed by atoms with Crippen LogP contribution < -0.4 is 16.6 Å². The number of amides is 1. The first kappa shape index (κ1) is 16.2. The van der Waals surface area contributed by atoms with E-state index in [0.29, 0.717) is 23.2 Å². The van der Waals surface area contributed by atoms with Gasteiger partial charge in [0, 0.05) is 6.54 Å². The zero-order chi connectivity index (χ0) is 17.1. The van der Waals surface area contributed by atoms with Crippen molar-refractivity contribution in [3.63, 3.8) is 0 Å². The molecule has 0 saturated heterocycles. The molecule has 0 aliphatic heterocycles. The van der Waals surface area contributed by atoms with Crippen LogP contribution in [0.5, 0.6) is 0 Å². The van der Waals surface area contributed by atoms with E-state index in [0.717, 1.165) is 10.1 Å². The lowest BCUT2D eigenvalue weighted by Crippen LogP contribution is -2.40. The molecule has 0 unspecified atom stereocenters. The van der Waals surface area contributed by atoms with Crippen LogP contribution >= 0.6 is 11.3 Å². The fourth-order valence-electron chi connectivity index (χ4n) is 2.41. The van der Waals surface area contributed by atoms with Crippen LogP contribution in [-0.4, -0.2) is 22.0 Å². The van der Waals surface area contributed by atoms with E-state index < -0.39 is 11.2 Å². The molecule has 0 atom stereocenters. The van der Waals surface area contributed by atoms with E-state index in [-0.39, 0.29) is 12.5 Å². The van der Waals surface area contributed by atoms with Crippen molar-refractivity contribution in [2.45, 2.75) is 19.9 Å². The Labute approximate surface area is 141 Å². The smallest absolute Gasteiger partial charge is 0.329 e. The minimum atomic E-state index is -0.570. The maximum atomic E-state index is 12.2. The molecule has 7 heteroatoms. The van der Waals surface area contributed by atoms with Gasteiger partial charge in [-0.25, -0.2) is 9.36 Å². The van der Waals surface area contributed by atoms with Crippen molar-refractivity contribution >= 4 is 27.5 Å². The minimum Gasteiger partial charge on any atom is -0.354 e. The largest absolute Gasteiger partial charge is 0.354 e. The molecule has 2 heterocycles. The van der Waals surface area contributed by atoms with Crippen LogP contribution in [-0.2, 0) is 17.8 Å². The van der Waals surface area contributed by atoms with Crippen LogP contribution in [0.1, 0.15) is 11.1 Å². The van der Waals surface area contributed by atoms with Crippen molar-refractivity contribution in [1.82, 2.24) is 14.9 Å². The number of hydrogen-bond donors (Lipinski definition) is 2. The fourth-order valence-corrected chi connectivity index (χ4v) is 3.21. The highest BCUT2D eigenvalue weighted by atomic mass is 32.1. The molecular formula is C17H17N3O3S. The lowest BCUT2D eigenvalue weighted by Gasteiger charge is -2.07. The Hall–Kier alpha value is -2.67. The summed E-state index contributed by atoms with van der Waals surface area (Å²) in [6, 6.07) is 9.75. The maximum absolute atomic E-state index is 12.2. The molecule has 2 N–H and O–H groups in total. The molecule has 3 aromatic rings. The third-order valence-corrected chi connectivity index (χ3v) is 4.65. The summed E-state index contributed by atoms with van der Waals surface area (Å²) in [5.74, 6) is -0.356. The molecule has 0 radical (unpaired) electrons. The lowest BCUT2D eigenvalue weighted by atomic mass is 10.1. The summed E-state index contributed by atoms with van der Waals surface area (Å²) in [7, 11) is 0. The lowest BCUT2D eigenvalue weighted by molar-refractivity contribution is -0.121. The summed E-state index contributed by atoms with van der Waals surface area (Å²) in [5.41, 5.74) is 1.81. The molecule has 0 spiro atoms. The van der Waals surface area contributed by atoms with E-state index >= 15 is 0 Å². The summed E-state index contributed by atoms with van der Waals surface area (Å²) < 4.78 is 1.38. The Morgan fingerprint density at radius 2 is 1.96 bits per heavy atom. The van der Waals surface area contributed by atoms with Gasteiger partial charge in [0.2, 0.25) is 5.91 Å². The monoisotopic (exact) mass is 343 g/mol. The normalized spacial score (nSPS) is 10.9. The first-order chi connectivity index (χ1) is 11.5. The maximum Gasteiger partial charge on any atom is 0.329 e. The van der Waals surface area contributed by atoms with Gasteiger partial charge in [-0.2, -0.15) is 0 Å². The van der Waals surface area contributed by atoms with E-state index in [1.165, 1.54) is 16.9 Å². The summed E-state index contributed by atoms with van der Waals surface area (Å²) >= 11 is 1.24. The van der Waals surface area contributed by atoms with Crippen LogP contribution in [0.2, 0.25) is 0 Å². The van der Waals surface area contributed by atoms with E-state index in [1.807, 2.05) is 31.2 Å². The number of carbonyl (C=O) groups excluding carboxylic acids is 1. The van der Waals surface area contributed by atoms with Crippen LogP contribution in [0.3, 0.4) is 0 Å². The van der Waals surface area contributed by atoms with Gasteiger partial charge in [0.05, 0.1) is 5.52 Å². The van der Waals surface area contributed by atoms with Gasteiger partial charge >= 0.3 is 5.69 Å². The molecule has 1 amide bonds. The van der Waals surface area contributed by atoms with Gasteiger partial charge in [0.15, 0.2) is 0 Å². The van der Waals surface area contributed by atoms with Crippen LogP contribution in [0.15, 0.2) is 45.3 Å². The first-order valence-corrected chi connectivity index (χ1v) is 8.45. The number of hydrogen-bond acceptors (Lipinski definition) is 4. The number of nitrogens with one attached hydrogen (secondary N) is 2. The molecule has 2 aromatic heterocycles. The Balaban J connectivity index is 1.64. The van der Waals surface area contributed by atoms with Crippen LogP contribution in [0, 0.1) is 6.92 Å². The zero-order valence-corrected chi connectivity index (χ0v) is 14.0. The number of nitrogens with zero attached hydrogens (tertiary/aromatic N) is 1. The van der Waals surface area contributed by atoms with Crippen molar-refractivity contribution in [1.29, 1.82) is 0 Å². The SMILES string of the molecule is Cc1ccc(CCNC(=O)Cn2c(=O)[nH]c3ccsc3c2=O)cc1. The molecule has 0 aliphatic rings. The second-order valence-electron chi connectivity index (χ2n) is 5.57. The Kier molecular flexibility index (Phi) is 4.61. The Morgan fingerprint density at radius 3 is 2.71 bits per heavy atom. The highest BCUT2D eigenvalue weighted by molar-refractivity contribution is 7.17. The van der Waals surface area contributed by atoms with Gasteiger partial charge in [-0.1, -0.05) is 29.8 Å². The second-order valence-corrected chi connectivity index (χ2v) is 6.49. The fraction of sp³-hybridized carbons (Fsp3) is 0.235. The molecule has 6 nitrogen and oxygen atoms in total. The quantitative estimate of drug-likeness (QED) is 0.735. The number of H-pyrrole nitrogens is 1. The summed E-state index contributed by atoms with van der Waals surface area (Å²) in [5, 5.41) is 4.47. The average Bonchev–Trinajstić information content (AvgIpc) is 3.02. The molecular weight excluding hydrogens is 326 g/mol. The molecule has 1 aromatic carbocycles. The summed E-state index contributed by atoms with van der Waals surface area (Å²) in [4.78, 5) is 38.8. The van der Waals surface area contributed by atoms with E-state index in [9.17, 15) is 14.4 Å². The number of aryl methyl sites for hydroxylation is 1. The predicted molar refractivity (Wildman–Crippen MR) is 94.6 cm³/mol. The van der Waals surface area contributed by atoms with Gasteiger partial charge in [-0.05, 0) is 30.4 Å². The molecule has 3 rings (SSSR count). The first-order valence-electron chi connectivity index (χ1n) is 7.57. The number of carbonyl (C=O) groups is 1. The van der Waals surface area contributed by atoms with E-state index in [1.54, 1.807) is 11.4 Å². The van der Waals surface area contributed by atoms with Gasteiger partial charge in [-0.3, -0.25) is 9.59 Å². The highest BCUT2D eigenvalue weighted by Crippen LogP contribution is 2.11. The van der Waals surface area contributed by atoms with Crippen molar-refractivity contribution in [3.05, 3.63) is 67.7 Å². The number of aromatic amines is 1. The third kappa shape index (κ3) is 3.46. The van der Waals surface area contributed by atoms with Crippen molar-refractivity contribution in [2.24, 2.45) is 0 Å². The van der Waals surface area contributed by atoms with E-state index in [2.05, 4.69) is 10.3 Å². The number of benzene rings is 1. The number of thiophene rings is 1. The molecule has 0 bridgehead atoms. The Bertz CT molecular complexity index is 983. The molecule has 0 aliphatic carbocycles. The standard InChI is InChI=1S/C17H17N3O3S/c1-11-2-4-12(5-3-11)6-8-18-14(21)10-20-16(22)15-13(7-9-24-15)19-17(20)23/h2-5,7,9H,6,8,10H2,1H3,(H,18,21)(H,19,23). The van der Waals surface area contributed by atoms with E-state index in [4.69, 9.17) is 0 Å². The van der Waals surface area contributed by atoms with Crippen LogP contribution in [0.4, 0.5) is 0 Å². The molecule has 24 heavy (non-hydrogen) atoms. The molecule has 0 saturated carbocycles. The molecule has 0 fully saturated rings. The highest BCUT2D eigenvalue weighted by Gasteiger charge is 2.11. The number of aromatic nitrogens is 2. The van der Waals surface area contributed by atoms with Gasteiger partial charge in [0.1, 0.15) is 11.2 Å². The van der Waals surface area contributed by atoms with Gasteiger partial charge in [-0.15, -0.1) is 11.3 Å². The number of rotatable bonds is 5. The molecule has 124 valence electrons. The van der Waals surface area contributed by atoms with Crippen molar-refractivity contribution < 1.29 is 4.79 Å².